The fraction of sp³-hybridized carbons (Fsp3) is 0.667. The predicted octanol–water partition coefficient (Wildman–Crippen LogP) is 4.50. The molecule has 118 valence electrons. The maximum Gasteiger partial charge on any atom is 0.0406 e. The van der Waals surface area contributed by atoms with Gasteiger partial charge < -0.3 is 10.2 Å². The monoisotopic (exact) mass is 308 g/mol. The van der Waals surface area contributed by atoms with E-state index in [1.807, 2.05) is 12.1 Å². The second-order valence-electron chi connectivity index (χ2n) is 6.84. The first-order valence-electron chi connectivity index (χ1n) is 8.23. The lowest BCUT2D eigenvalue weighted by molar-refractivity contribution is 0.152. The van der Waals surface area contributed by atoms with Crippen LogP contribution in [0.2, 0.25) is 5.02 Å². The summed E-state index contributed by atoms with van der Waals surface area (Å²) in [7, 11) is 0. The van der Waals surface area contributed by atoms with Crippen LogP contribution in [0.1, 0.15) is 52.1 Å². The lowest BCUT2D eigenvalue weighted by Gasteiger charge is -2.37. The Kier molecular flexibility index (Phi) is 6.09. The van der Waals surface area contributed by atoms with E-state index in [1.54, 1.807) is 0 Å². The van der Waals surface area contributed by atoms with Crippen molar-refractivity contribution in [2.24, 2.45) is 5.92 Å². The van der Waals surface area contributed by atoms with Crippen molar-refractivity contribution in [2.75, 3.05) is 13.1 Å². The quantitative estimate of drug-likeness (QED) is 0.861. The third-order valence-corrected chi connectivity index (χ3v) is 4.82. The van der Waals surface area contributed by atoms with E-state index in [4.69, 9.17) is 11.6 Å². The summed E-state index contributed by atoms with van der Waals surface area (Å²) in [6, 6.07) is 10.0. The molecule has 1 aromatic rings. The van der Waals surface area contributed by atoms with Gasteiger partial charge in [-0.1, -0.05) is 37.6 Å². The highest BCUT2D eigenvalue weighted by Gasteiger charge is 2.24. The molecule has 0 aliphatic carbocycles. The van der Waals surface area contributed by atoms with E-state index in [-0.39, 0.29) is 0 Å². The minimum atomic E-state index is 0.415. The summed E-state index contributed by atoms with van der Waals surface area (Å²) in [6.45, 7) is 11.6. The fourth-order valence-corrected chi connectivity index (χ4v) is 3.31. The highest BCUT2D eigenvalue weighted by Crippen LogP contribution is 2.25. The molecule has 0 radical (unpaired) electrons. The van der Waals surface area contributed by atoms with Crippen molar-refractivity contribution < 1.29 is 0 Å². The molecule has 0 aromatic heterocycles. The van der Waals surface area contributed by atoms with E-state index in [2.05, 4.69) is 50.0 Å². The van der Waals surface area contributed by atoms with Crippen molar-refractivity contribution in [1.29, 1.82) is 0 Å². The normalized spacial score (nSPS) is 19.4. The average Bonchev–Trinajstić information content (AvgIpc) is 2.46. The second kappa shape index (κ2) is 7.62. The SMILES string of the molecule is CC(C)C(NC1CCN(C(C)C)CC1)c1ccc(Cl)cc1. The van der Waals surface area contributed by atoms with Gasteiger partial charge in [0.2, 0.25) is 0 Å². The van der Waals surface area contributed by atoms with Crippen LogP contribution in [0.25, 0.3) is 0 Å². The summed E-state index contributed by atoms with van der Waals surface area (Å²) in [5, 5.41) is 4.69. The zero-order valence-corrected chi connectivity index (χ0v) is 14.5. The van der Waals surface area contributed by atoms with Gasteiger partial charge in [0.15, 0.2) is 0 Å². The highest BCUT2D eigenvalue weighted by atomic mass is 35.5. The van der Waals surface area contributed by atoms with E-state index in [0.717, 1.165) is 5.02 Å². The molecule has 1 atom stereocenters. The number of benzene rings is 1. The Morgan fingerprint density at radius 2 is 1.62 bits per heavy atom. The fourth-order valence-electron chi connectivity index (χ4n) is 3.18. The third kappa shape index (κ3) is 4.70. The van der Waals surface area contributed by atoms with Crippen LogP contribution in [0.4, 0.5) is 0 Å². The standard InChI is InChI=1S/C18H29ClN2/c1-13(2)18(15-5-7-16(19)8-6-15)20-17-9-11-21(12-10-17)14(3)4/h5-8,13-14,17-18,20H,9-12H2,1-4H3. The summed E-state index contributed by atoms with van der Waals surface area (Å²) in [6.07, 6.45) is 2.49. The lowest BCUT2D eigenvalue weighted by atomic mass is 9.93. The molecule has 0 bridgehead atoms. The van der Waals surface area contributed by atoms with Crippen LogP contribution in [-0.4, -0.2) is 30.1 Å². The largest absolute Gasteiger partial charge is 0.307 e. The number of nitrogens with one attached hydrogen (secondary N) is 1. The van der Waals surface area contributed by atoms with E-state index in [0.29, 0.717) is 24.0 Å². The van der Waals surface area contributed by atoms with E-state index >= 15 is 0 Å². The van der Waals surface area contributed by atoms with Crippen LogP contribution < -0.4 is 5.32 Å². The molecule has 0 saturated carbocycles. The van der Waals surface area contributed by atoms with Crippen molar-refractivity contribution in [1.82, 2.24) is 10.2 Å². The van der Waals surface area contributed by atoms with Gasteiger partial charge in [0.05, 0.1) is 0 Å². The van der Waals surface area contributed by atoms with Crippen LogP contribution in [0.15, 0.2) is 24.3 Å². The molecule has 1 unspecified atom stereocenters. The molecule has 1 N–H and O–H groups in total. The molecule has 1 heterocycles. The third-order valence-electron chi connectivity index (χ3n) is 4.57. The Labute approximate surface area is 134 Å². The zero-order chi connectivity index (χ0) is 15.4. The van der Waals surface area contributed by atoms with Gasteiger partial charge in [-0.15, -0.1) is 0 Å². The van der Waals surface area contributed by atoms with Crippen molar-refractivity contribution in [3.8, 4) is 0 Å². The molecule has 0 spiro atoms. The lowest BCUT2D eigenvalue weighted by Crippen LogP contribution is -2.46. The van der Waals surface area contributed by atoms with Crippen LogP contribution in [0, 0.1) is 5.92 Å². The van der Waals surface area contributed by atoms with Gasteiger partial charge in [-0.2, -0.15) is 0 Å². The molecule has 1 saturated heterocycles. The number of hydrogen-bond donors (Lipinski definition) is 1. The average molecular weight is 309 g/mol. The maximum absolute atomic E-state index is 6.01. The summed E-state index contributed by atoms with van der Waals surface area (Å²) in [5.41, 5.74) is 1.35. The predicted molar refractivity (Wildman–Crippen MR) is 91.9 cm³/mol. The molecule has 1 aromatic carbocycles. The van der Waals surface area contributed by atoms with Crippen LogP contribution in [0.5, 0.6) is 0 Å². The van der Waals surface area contributed by atoms with Crippen molar-refractivity contribution in [3.05, 3.63) is 34.9 Å². The minimum absolute atomic E-state index is 0.415. The summed E-state index contributed by atoms with van der Waals surface area (Å²) >= 11 is 6.01. The molecular formula is C18H29ClN2. The molecule has 1 fully saturated rings. The smallest absolute Gasteiger partial charge is 0.0406 e. The first-order chi connectivity index (χ1) is 9.97. The molecule has 2 rings (SSSR count). The van der Waals surface area contributed by atoms with Crippen molar-refractivity contribution in [2.45, 2.75) is 58.7 Å². The Morgan fingerprint density at radius 3 is 2.10 bits per heavy atom. The number of piperidine rings is 1. The molecule has 1 aliphatic heterocycles. The first-order valence-corrected chi connectivity index (χ1v) is 8.60. The van der Waals surface area contributed by atoms with E-state index in [1.165, 1.54) is 31.5 Å². The van der Waals surface area contributed by atoms with Crippen molar-refractivity contribution >= 4 is 11.6 Å². The molecular weight excluding hydrogens is 280 g/mol. The van der Waals surface area contributed by atoms with Crippen LogP contribution in [0.3, 0.4) is 0 Å². The van der Waals surface area contributed by atoms with Crippen molar-refractivity contribution in [3.63, 3.8) is 0 Å². The number of halogens is 1. The Balaban J connectivity index is 1.96. The number of hydrogen-bond acceptors (Lipinski definition) is 2. The summed E-state index contributed by atoms with van der Waals surface area (Å²) < 4.78 is 0. The van der Waals surface area contributed by atoms with Gasteiger partial charge in [-0.3, -0.25) is 0 Å². The van der Waals surface area contributed by atoms with Gasteiger partial charge in [-0.05, 0) is 63.4 Å². The topological polar surface area (TPSA) is 15.3 Å². The number of rotatable bonds is 5. The number of likely N-dealkylation sites (tertiary alicyclic amines) is 1. The second-order valence-corrected chi connectivity index (χ2v) is 7.28. The Bertz CT molecular complexity index is 419. The van der Waals surface area contributed by atoms with Crippen LogP contribution >= 0.6 is 11.6 Å². The van der Waals surface area contributed by atoms with Gasteiger partial charge in [0, 0.05) is 23.1 Å². The van der Waals surface area contributed by atoms with E-state index < -0.39 is 0 Å². The highest BCUT2D eigenvalue weighted by molar-refractivity contribution is 6.30. The molecule has 1 aliphatic rings. The maximum atomic E-state index is 6.01. The van der Waals surface area contributed by atoms with Crippen LogP contribution in [-0.2, 0) is 0 Å². The number of nitrogens with zero attached hydrogens (tertiary/aromatic N) is 1. The van der Waals surface area contributed by atoms with Gasteiger partial charge in [-0.25, -0.2) is 0 Å². The van der Waals surface area contributed by atoms with Gasteiger partial charge in [0.25, 0.3) is 0 Å². The Morgan fingerprint density at radius 1 is 1.05 bits per heavy atom. The van der Waals surface area contributed by atoms with Gasteiger partial charge >= 0.3 is 0 Å². The van der Waals surface area contributed by atoms with Gasteiger partial charge in [0.1, 0.15) is 0 Å². The molecule has 3 heteroatoms. The molecule has 2 nitrogen and oxygen atoms in total. The van der Waals surface area contributed by atoms with E-state index in [9.17, 15) is 0 Å². The first kappa shape index (κ1) is 16.8. The molecule has 21 heavy (non-hydrogen) atoms. The summed E-state index contributed by atoms with van der Waals surface area (Å²) in [4.78, 5) is 2.57. The zero-order valence-electron chi connectivity index (χ0n) is 13.8. The molecule has 0 amide bonds. The summed E-state index contributed by atoms with van der Waals surface area (Å²) in [5.74, 6) is 0.578. The minimum Gasteiger partial charge on any atom is -0.307 e. The Hall–Kier alpha value is -0.570.